The summed E-state index contributed by atoms with van der Waals surface area (Å²) in [5.74, 6) is 0.573. The Labute approximate surface area is 117 Å². The standard InChI is InChI=1S/C12H10BrN5O/c1-8-3-2-4-9(16-8)6-19-10-5-14-12(13)18-7-15-17-11(10)18/h2-5,7H,6H2,1H3. The molecular weight excluding hydrogens is 310 g/mol. The Morgan fingerprint density at radius 2 is 2.26 bits per heavy atom. The van der Waals surface area contributed by atoms with Crippen LogP contribution in [0, 0.1) is 6.92 Å². The first-order chi connectivity index (χ1) is 9.24. The number of aryl methyl sites for hydroxylation is 1. The van der Waals surface area contributed by atoms with Gasteiger partial charge in [0, 0.05) is 5.69 Å². The molecule has 3 heterocycles. The first-order valence-corrected chi connectivity index (χ1v) is 6.43. The highest BCUT2D eigenvalue weighted by Crippen LogP contribution is 2.20. The summed E-state index contributed by atoms with van der Waals surface area (Å²) in [6, 6.07) is 5.81. The van der Waals surface area contributed by atoms with Crippen molar-refractivity contribution in [3.05, 3.63) is 46.8 Å². The van der Waals surface area contributed by atoms with Crippen molar-refractivity contribution in [3.63, 3.8) is 0 Å². The van der Waals surface area contributed by atoms with Crippen LogP contribution < -0.4 is 4.74 Å². The molecule has 3 aromatic heterocycles. The monoisotopic (exact) mass is 319 g/mol. The van der Waals surface area contributed by atoms with Crippen LogP contribution in [0.15, 0.2) is 35.5 Å². The minimum Gasteiger partial charge on any atom is -0.482 e. The number of ether oxygens (including phenoxy) is 1. The van der Waals surface area contributed by atoms with Crippen LogP contribution in [-0.4, -0.2) is 24.6 Å². The highest BCUT2D eigenvalue weighted by Gasteiger charge is 2.09. The number of pyridine rings is 1. The topological polar surface area (TPSA) is 65.2 Å². The Bertz CT molecular complexity index is 727. The van der Waals surface area contributed by atoms with Gasteiger partial charge in [-0.2, -0.15) is 0 Å². The predicted octanol–water partition coefficient (Wildman–Crippen LogP) is 2.17. The minimum absolute atomic E-state index is 0.369. The van der Waals surface area contributed by atoms with Gasteiger partial charge in [0.05, 0.1) is 11.9 Å². The van der Waals surface area contributed by atoms with E-state index in [1.54, 1.807) is 16.9 Å². The molecule has 0 atom stereocenters. The maximum atomic E-state index is 5.70. The second-order valence-electron chi connectivity index (χ2n) is 3.98. The van der Waals surface area contributed by atoms with Gasteiger partial charge in [-0.25, -0.2) is 4.98 Å². The van der Waals surface area contributed by atoms with Gasteiger partial charge in [-0.1, -0.05) is 6.07 Å². The zero-order chi connectivity index (χ0) is 13.2. The quantitative estimate of drug-likeness (QED) is 0.692. The number of rotatable bonds is 3. The molecule has 0 radical (unpaired) electrons. The van der Waals surface area contributed by atoms with Crippen molar-refractivity contribution in [2.45, 2.75) is 13.5 Å². The Kier molecular flexibility index (Phi) is 3.12. The fraction of sp³-hybridized carbons (Fsp3) is 0.167. The third-order valence-electron chi connectivity index (χ3n) is 2.58. The second kappa shape index (κ2) is 4.93. The van der Waals surface area contributed by atoms with Crippen LogP contribution >= 0.6 is 15.9 Å². The lowest BCUT2D eigenvalue weighted by Gasteiger charge is -2.07. The van der Waals surface area contributed by atoms with E-state index in [9.17, 15) is 0 Å². The van der Waals surface area contributed by atoms with Crippen LogP contribution in [0.25, 0.3) is 5.65 Å². The zero-order valence-corrected chi connectivity index (χ0v) is 11.7. The molecule has 0 N–H and O–H groups in total. The van der Waals surface area contributed by atoms with Gasteiger partial charge < -0.3 is 4.74 Å². The van der Waals surface area contributed by atoms with Crippen LogP contribution in [0.2, 0.25) is 0 Å². The van der Waals surface area contributed by atoms with Crippen LogP contribution in [0.3, 0.4) is 0 Å². The van der Waals surface area contributed by atoms with E-state index in [1.165, 1.54) is 0 Å². The van der Waals surface area contributed by atoms with E-state index >= 15 is 0 Å². The van der Waals surface area contributed by atoms with Crippen LogP contribution in [0.1, 0.15) is 11.4 Å². The highest BCUT2D eigenvalue weighted by molar-refractivity contribution is 9.10. The number of nitrogens with zero attached hydrogens (tertiary/aromatic N) is 5. The Balaban J connectivity index is 1.86. The van der Waals surface area contributed by atoms with Crippen molar-refractivity contribution in [2.24, 2.45) is 0 Å². The minimum atomic E-state index is 0.369. The molecule has 7 heteroatoms. The maximum Gasteiger partial charge on any atom is 0.206 e. The van der Waals surface area contributed by atoms with Gasteiger partial charge in [0.2, 0.25) is 5.65 Å². The molecule has 0 aromatic carbocycles. The molecule has 96 valence electrons. The molecule has 3 aromatic rings. The van der Waals surface area contributed by atoms with E-state index in [0.29, 0.717) is 22.7 Å². The van der Waals surface area contributed by atoms with Crippen molar-refractivity contribution >= 4 is 21.6 Å². The summed E-state index contributed by atoms with van der Waals surface area (Å²) in [5, 5.41) is 7.85. The summed E-state index contributed by atoms with van der Waals surface area (Å²) in [5.41, 5.74) is 2.44. The van der Waals surface area contributed by atoms with E-state index < -0.39 is 0 Å². The fourth-order valence-corrected chi connectivity index (χ4v) is 2.07. The van der Waals surface area contributed by atoms with E-state index in [0.717, 1.165) is 11.4 Å². The largest absolute Gasteiger partial charge is 0.482 e. The summed E-state index contributed by atoms with van der Waals surface area (Å²) in [6.45, 7) is 2.31. The van der Waals surface area contributed by atoms with Gasteiger partial charge in [0.15, 0.2) is 10.5 Å². The normalized spacial score (nSPS) is 10.8. The fourth-order valence-electron chi connectivity index (χ4n) is 1.70. The molecule has 0 aliphatic heterocycles. The number of fused-ring (bicyclic) bond motifs is 1. The zero-order valence-electron chi connectivity index (χ0n) is 10.1. The van der Waals surface area contributed by atoms with Crippen molar-refractivity contribution in [1.29, 1.82) is 0 Å². The van der Waals surface area contributed by atoms with Gasteiger partial charge >= 0.3 is 0 Å². The summed E-state index contributed by atoms with van der Waals surface area (Å²) in [7, 11) is 0. The van der Waals surface area contributed by atoms with E-state index in [4.69, 9.17) is 4.74 Å². The van der Waals surface area contributed by atoms with Crippen LogP contribution in [0.5, 0.6) is 5.75 Å². The van der Waals surface area contributed by atoms with E-state index in [-0.39, 0.29) is 0 Å². The number of hydrogen-bond donors (Lipinski definition) is 0. The molecule has 0 saturated heterocycles. The van der Waals surface area contributed by atoms with Crippen LogP contribution in [-0.2, 0) is 6.61 Å². The van der Waals surface area contributed by atoms with Crippen molar-refractivity contribution in [2.75, 3.05) is 0 Å². The van der Waals surface area contributed by atoms with Gasteiger partial charge in [0.1, 0.15) is 12.9 Å². The summed E-state index contributed by atoms with van der Waals surface area (Å²) >= 11 is 3.32. The smallest absolute Gasteiger partial charge is 0.206 e. The summed E-state index contributed by atoms with van der Waals surface area (Å²) in [6.07, 6.45) is 3.19. The molecule has 0 saturated carbocycles. The Hall–Kier alpha value is -2.02. The van der Waals surface area contributed by atoms with Gasteiger partial charge in [0.25, 0.3) is 0 Å². The molecule has 0 aliphatic carbocycles. The first kappa shape index (κ1) is 12.0. The number of halogens is 1. The SMILES string of the molecule is Cc1cccc(COc2cnc(Br)n3cnnc23)n1. The first-order valence-electron chi connectivity index (χ1n) is 5.63. The third-order valence-corrected chi connectivity index (χ3v) is 3.16. The van der Waals surface area contributed by atoms with Crippen LogP contribution in [0.4, 0.5) is 0 Å². The predicted molar refractivity (Wildman–Crippen MR) is 71.8 cm³/mol. The average Bonchev–Trinajstić information content (AvgIpc) is 2.88. The lowest BCUT2D eigenvalue weighted by atomic mass is 10.3. The average molecular weight is 320 g/mol. The molecule has 0 bridgehead atoms. The van der Waals surface area contributed by atoms with Crippen molar-refractivity contribution < 1.29 is 4.74 Å². The van der Waals surface area contributed by atoms with E-state index in [1.807, 2.05) is 25.1 Å². The molecule has 6 nitrogen and oxygen atoms in total. The molecular formula is C12H10BrN5O. The molecule has 0 fully saturated rings. The molecule has 3 rings (SSSR count). The third kappa shape index (κ3) is 2.41. The van der Waals surface area contributed by atoms with E-state index in [2.05, 4.69) is 36.1 Å². The molecule has 0 spiro atoms. The highest BCUT2D eigenvalue weighted by atomic mass is 79.9. The van der Waals surface area contributed by atoms with Crippen molar-refractivity contribution in [1.82, 2.24) is 24.6 Å². The molecule has 19 heavy (non-hydrogen) atoms. The number of hydrogen-bond acceptors (Lipinski definition) is 5. The molecule has 0 aliphatic rings. The second-order valence-corrected chi connectivity index (χ2v) is 4.68. The van der Waals surface area contributed by atoms with Crippen molar-refractivity contribution in [3.8, 4) is 5.75 Å². The summed E-state index contributed by atoms with van der Waals surface area (Å²) < 4.78 is 8.04. The lowest BCUT2D eigenvalue weighted by molar-refractivity contribution is 0.301. The number of aromatic nitrogens is 5. The lowest BCUT2D eigenvalue weighted by Crippen LogP contribution is -2.02. The Morgan fingerprint density at radius 3 is 3.11 bits per heavy atom. The molecule has 0 amide bonds. The molecule has 0 unspecified atom stereocenters. The van der Waals surface area contributed by atoms with Gasteiger partial charge in [-0.05, 0) is 35.0 Å². The van der Waals surface area contributed by atoms with Gasteiger partial charge in [-0.3, -0.25) is 9.38 Å². The Morgan fingerprint density at radius 1 is 1.37 bits per heavy atom. The summed E-state index contributed by atoms with van der Waals surface area (Å²) in [4.78, 5) is 8.54. The van der Waals surface area contributed by atoms with Gasteiger partial charge in [-0.15, -0.1) is 10.2 Å². The maximum absolute atomic E-state index is 5.70.